The lowest BCUT2D eigenvalue weighted by atomic mass is 9.85. The Labute approximate surface area is 106 Å². The van der Waals surface area contributed by atoms with Gasteiger partial charge in [-0.15, -0.1) is 0 Å². The fraction of sp³-hybridized carbons (Fsp3) is 0.929. The lowest BCUT2D eigenvalue weighted by Crippen LogP contribution is -2.41. The summed E-state index contributed by atoms with van der Waals surface area (Å²) < 4.78 is 0. The Balaban J connectivity index is 2.26. The first-order chi connectivity index (χ1) is 7.79. The van der Waals surface area contributed by atoms with Crippen molar-refractivity contribution < 1.29 is 4.79 Å². The highest BCUT2D eigenvalue weighted by atomic mass is 16.1. The molecular weight excluding hydrogens is 212 g/mol. The zero-order chi connectivity index (χ0) is 13.1. The van der Waals surface area contributed by atoms with Gasteiger partial charge in [-0.25, -0.2) is 0 Å². The molecular formula is C14H28N2O. The average molecular weight is 240 g/mol. The Morgan fingerprint density at radius 1 is 1.41 bits per heavy atom. The number of carbonyl (C=O) groups is 1. The topological polar surface area (TPSA) is 55.1 Å². The van der Waals surface area contributed by atoms with Crippen molar-refractivity contribution in [1.29, 1.82) is 0 Å². The minimum Gasteiger partial charge on any atom is -0.355 e. The van der Waals surface area contributed by atoms with E-state index < -0.39 is 0 Å². The third kappa shape index (κ3) is 4.66. The van der Waals surface area contributed by atoms with Gasteiger partial charge in [0.1, 0.15) is 0 Å². The fourth-order valence-electron chi connectivity index (χ4n) is 2.09. The van der Waals surface area contributed by atoms with Crippen LogP contribution in [0, 0.1) is 10.8 Å². The molecule has 0 bridgehead atoms. The maximum absolute atomic E-state index is 11.8. The molecule has 1 aliphatic carbocycles. The van der Waals surface area contributed by atoms with Crippen LogP contribution < -0.4 is 11.1 Å². The molecule has 3 nitrogen and oxygen atoms in total. The van der Waals surface area contributed by atoms with Crippen molar-refractivity contribution in [2.45, 2.75) is 65.8 Å². The van der Waals surface area contributed by atoms with Crippen molar-refractivity contribution in [3.8, 4) is 0 Å². The molecule has 1 saturated carbocycles. The van der Waals surface area contributed by atoms with Gasteiger partial charge in [-0.1, -0.05) is 34.1 Å². The second-order valence-electron chi connectivity index (χ2n) is 6.70. The molecule has 0 spiro atoms. The molecule has 1 unspecified atom stereocenters. The summed E-state index contributed by atoms with van der Waals surface area (Å²) in [6.07, 6.45) is 5.42. The number of nitrogens with one attached hydrogen (secondary N) is 1. The van der Waals surface area contributed by atoms with E-state index in [2.05, 4.69) is 33.0 Å². The minimum atomic E-state index is -0.0659. The van der Waals surface area contributed by atoms with Crippen LogP contribution in [0.2, 0.25) is 0 Å². The minimum absolute atomic E-state index is 0.00196. The zero-order valence-corrected chi connectivity index (χ0v) is 11.8. The van der Waals surface area contributed by atoms with E-state index in [1.54, 1.807) is 0 Å². The largest absolute Gasteiger partial charge is 0.355 e. The van der Waals surface area contributed by atoms with Crippen molar-refractivity contribution >= 4 is 5.91 Å². The lowest BCUT2D eigenvalue weighted by Gasteiger charge is -2.26. The molecule has 3 N–H and O–H groups in total. The monoisotopic (exact) mass is 240 g/mol. The molecule has 1 atom stereocenters. The first-order valence-electron chi connectivity index (χ1n) is 6.81. The normalized spacial score (nSPS) is 19.8. The number of nitrogens with two attached hydrogens (primary N) is 1. The van der Waals surface area contributed by atoms with Gasteiger partial charge in [-0.05, 0) is 30.1 Å². The van der Waals surface area contributed by atoms with Gasteiger partial charge in [0.25, 0.3) is 0 Å². The molecule has 0 aromatic heterocycles. The summed E-state index contributed by atoms with van der Waals surface area (Å²) in [4.78, 5) is 11.8. The Hall–Kier alpha value is -0.570. The van der Waals surface area contributed by atoms with Crippen molar-refractivity contribution in [3.05, 3.63) is 0 Å². The second kappa shape index (κ2) is 5.38. The quantitative estimate of drug-likeness (QED) is 0.749. The average Bonchev–Trinajstić information content (AvgIpc) is 2.95. The molecule has 0 saturated heterocycles. The highest BCUT2D eigenvalue weighted by Gasteiger charge is 2.41. The van der Waals surface area contributed by atoms with Crippen molar-refractivity contribution in [1.82, 2.24) is 5.32 Å². The maximum atomic E-state index is 11.8. The van der Waals surface area contributed by atoms with Gasteiger partial charge in [0.05, 0.1) is 0 Å². The first kappa shape index (κ1) is 14.5. The van der Waals surface area contributed by atoms with E-state index in [9.17, 15) is 4.79 Å². The smallest absolute Gasteiger partial charge is 0.221 e. The summed E-state index contributed by atoms with van der Waals surface area (Å²) in [6, 6.07) is -0.0659. The third-order valence-electron chi connectivity index (χ3n) is 3.92. The molecule has 3 heteroatoms. The van der Waals surface area contributed by atoms with E-state index in [1.807, 2.05) is 0 Å². The number of carbonyl (C=O) groups excluding carboxylic acids is 1. The molecule has 1 aliphatic rings. The van der Waals surface area contributed by atoms with Gasteiger partial charge >= 0.3 is 0 Å². The van der Waals surface area contributed by atoms with Crippen LogP contribution in [0.4, 0.5) is 0 Å². The molecule has 0 aromatic carbocycles. The summed E-state index contributed by atoms with van der Waals surface area (Å²) in [6.45, 7) is 9.27. The van der Waals surface area contributed by atoms with E-state index in [1.165, 1.54) is 25.7 Å². The van der Waals surface area contributed by atoms with Crippen LogP contribution in [0.3, 0.4) is 0 Å². The third-order valence-corrected chi connectivity index (χ3v) is 3.92. The van der Waals surface area contributed by atoms with Crippen LogP contribution >= 0.6 is 0 Å². The Morgan fingerprint density at radius 2 is 2.00 bits per heavy atom. The summed E-state index contributed by atoms with van der Waals surface area (Å²) in [5, 5.41) is 3.05. The molecule has 1 rings (SSSR count). The van der Waals surface area contributed by atoms with E-state index >= 15 is 0 Å². The molecule has 0 aromatic rings. The van der Waals surface area contributed by atoms with Crippen LogP contribution in [0.1, 0.15) is 59.8 Å². The van der Waals surface area contributed by atoms with Crippen LogP contribution in [0.5, 0.6) is 0 Å². The summed E-state index contributed by atoms with van der Waals surface area (Å²) >= 11 is 0. The number of rotatable bonds is 6. The van der Waals surface area contributed by atoms with Crippen molar-refractivity contribution in [2.24, 2.45) is 16.6 Å². The molecule has 1 fully saturated rings. The molecule has 100 valence electrons. The van der Waals surface area contributed by atoms with E-state index in [0.717, 1.165) is 6.54 Å². The number of hydrogen-bond donors (Lipinski definition) is 2. The summed E-state index contributed by atoms with van der Waals surface area (Å²) in [5.74, 6) is 0.106. The van der Waals surface area contributed by atoms with Gasteiger partial charge in [0, 0.05) is 19.0 Å². The van der Waals surface area contributed by atoms with Crippen molar-refractivity contribution in [2.75, 3.05) is 6.54 Å². The predicted molar refractivity (Wildman–Crippen MR) is 71.6 cm³/mol. The number of amides is 1. The van der Waals surface area contributed by atoms with Gasteiger partial charge in [0.2, 0.25) is 5.91 Å². The Kier molecular flexibility index (Phi) is 4.59. The molecule has 1 amide bonds. The highest BCUT2D eigenvalue weighted by molar-refractivity contribution is 5.76. The lowest BCUT2D eigenvalue weighted by molar-refractivity contribution is -0.122. The molecule has 0 radical (unpaired) electrons. The summed E-state index contributed by atoms with van der Waals surface area (Å²) in [7, 11) is 0. The number of hydrogen-bond acceptors (Lipinski definition) is 2. The van der Waals surface area contributed by atoms with E-state index in [-0.39, 0.29) is 17.4 Å². The van der Waals surface area contributed by atoms with Crippen LogP contribution in [-0.2, 0) is 4.79 Å². The standard InChI is InChI=1S/C14H28N2O/c1-5-6-14(7-8-14)10-16-12(17)9-11(15)13(2,3)4/h11H,5-10,15H2,1-4H3,(H,16,17). The zero-order valence-electron chi connectivity index (χ0n) is 11.8. The predicted octanol–water partition coefficient (Wildman–Crippen LogP) is 2.45. The van der Waals surface area contributed by atoms with Gasteiger partial charge in [0.15, 0.2) is 0 Å². The van der Waals surface area contributed by atoms with Crippen molar-refractivity contribution in [3.63, 3.8) is 0 Å². The van der Waals surface area contributed by atoms with Gasteiger partial charge in [-0.2, -0.15) is 0 Å². The SMILES string of the molecule is CCCC1(CNC(=O)CC(N)C(C)(C)C)CC1. The highest BCUT2D eigenvalue weighted by Crippen LogP contribution is 2.48. The summed E-state index contributed by atoms with van der Waals surface area (Å²) in [5.41, 5.74) is 6.43. The molecule has 0 aliphatic heterocycles. The van der Waals surface area contributed by atoms with Gasteiger partial charge in [-0.3, -0.25) is 4.79 Å². The molecule has 17 heavy (non-hydrogen) atoms. The van der Waals surface area contributed by atoms with Crippen LogP contribution in [-0.4, -0.2) is 18.5 Å². The second-order valence-corrected chi connectivity index (χ2v) is 6.70. The molecule has 0 heterocycles. The first-order valence-corrected chi connectivity index (χ1v) is 6.81. The van der Waals surface area contributed by atoms with Crippen LogP contribution in [0.15, 0.2) is 0 Å². The van der Waals surface area contributed by atoms with Gasteiger partial charge < -0.3 is 11.1 Å². The maximum Gasteiger partial charge on any atom is 0.221 e. The van der Waals surface area contributed by atoms with E-state index in [0.29, 0.717) is 11.8 Å². The van der Waals surface area contributed by atoms with E-state index in [4.69, 9.17) is 5.73 Å². The Bertz CT molecular complexity index is 264. The fourth-order valence-corrected chi connectivity index (χ4v) is 2.09. The van der Waals surface area contributed by atoms with Crippen LogP contribution in [0.25, 0.3) is 0 Å². The Morgan fingerprint density at radius 3 is 2.41 bits per heavy atom.